The maximum Gasteiger partial charge on any atom is 0.407 e. The molecule has 1 aromatic heterocycles. The lowest BCUT2D eigenvalue weighted by molar-refractivity contribution is -0.216. The largest absolute Gasteiger partial charge is 0.465 e. The predicted molar refractivity (Wildman–Crippen MR) is 78.5 cm³/mol. The number of likely N-dealkylation sites (tertiary alicyclic amines) is 1. The van der Waals surface area contributed by atoms with E-state index in [2.05, 4.69) is 31.0 Å². The Kier molecular flexibility index (Phi) is 2.57. The highest BCUT2D eigenvalue weighted by Crippen LogP contribution is 2.77. The van der Waals surface area contributed by atoms with Gasteiger partial charge in [0.2, 0.25) is 11.8 Å². The average molecular weight is 305 g/mol. The third-order valence-corrected chi connectivity index (χ3v) is 5.69. The number of amides is 1. The van der Waals surface area contributed by atoms with Crippen molar-refractivity contribution >= 4 is 6.09 Å². The Morgan fingerprint density at radius 3 is 2.50 bits per heavy atom. The maximum atomic E-state index is 10.9. The Labute approximate surface area is 129 Å². The van der Waals surface area contributed by atoms with Crippen LogP contribution in [0.25, 0.3) is 0 Å². The third-order valence-electron chi connectivity index (χ3n) is 5.69. The molecule has 120 valence electrons. The first-order chi connectivity index (χ1) is 10.2. The molecule has 1 amide bonds. The summed E-state index contributed by atoms with van der Waals surface area (Å²) in [6.45, 7) is 7.89. The Morgan fingerprint density at radius 1 is 1.32 bits per heavy atom. The molecule has 1 aromatic rings. The molecule has 4 fully saturated rings. The number of nitrogens with zero attached hydrogens (tertiary/aromatic N) is 3. The van der Waals surface area contributed by atoms with Crippen molar-refractivity contribution < 1.29 is 14.3 Å². The molecular formula is C16H23N3O3. The van der Waals surface area contributed by atoms with Gasteiger partial charge in [0.15, 0.2) is 0 Å². The number of hydrogen-bond donors (Lipinski definition) is 1. The Bertz CT molecular complexity index is 605. The summed E-state index contributed by atoms with van der Waals surface area (Å²) in [5, 5.41) is 17.4. The number of carboxylic acid groups (broad SMARTS) is 1. The fourth-order valence-electron chi connectivity index (χ4n) is 4.54. The lowest BCUT2D eigenvalue weighted by Gasteiger charge is -2.73. The van der Waals surface area contributed by atoms with Crippen LogP contribution in [0.3, 0.4) is 0 Å². The van der Waals surface area contributed by atoms with Crippen molar-refractivity contribution in [1.82, 2.24) is 15.1 Å². The quantitative estimate of drug-likeness (QED) is 0.928. The summed E-state index contributed by atoms with van der Waals surface area (Å²) in [5.74, 6) is 2.08. The van der Waals surface area contributed by atoms with Crippen LogP contribution in [0.2, 0.25) is 0 Å². The van der Waals surface area contributed by atoms with E-state index in [4.69, 9.17) is 9.52 Å². The average Bonchev–Trinajstić information content (AvgIpc) is 2.62. The van der Waals surface area contributed by atoms with E-state index in [0.717, 1.165) is 37.5 Å². The van der Waals surface area contributed by atoms with Crippen LogP contribution in [-0.2, 0) is 11.8 Å². The van der Waals surface area contributed by atoms with E-state index in [1.165, 1.54) is 4.90 Å². The van der Waals surface area contributed by atoms with Gasteiger partial charge in [-0.3, -0.25) is 0 Å². The maximum absolute atomic E-state index is 10.9. The zero-order chi connectivity index (χ0) is 15.8. The van der Waals surface area contributed by atoms with Crippen molar-refractivity contribution in [2.45, 2.75) is 51.9 Å². The first kappa shape index (κ1) is 14.0. The van der Waals surface area contributed by atoms with Gasteiger partial charge in [0, 0.05) is 25.4 Å². The van der Waals surface area contributed by atoms with Crippen LogP contribution in [0.4, 0.5) is 4.79 Å². The molecule has 4 aliphatic rings. The second-order valence-electron chi connectivity index (χ2n) is 8.80. The van der Waals surface area contributed by atoms with Crippen LogP contribution in [-0.4, -0.2) is 39.4 Å². The molecule has 0 unspecified atom stereocenters. The van der Waals surface area contributed by atoms with Crippen LogP contribution >= 0.6 is 0 Å². The molecule has 3 saturated carbocycles. The molecule has 0 spiro atoms. The molecule has 1 aliphatic heterocycles. The Balaban J connectivity index is 1.37. The highest BCUT2D eigenvalue weighted by atomic mass is 16.4. The van der Waals surface area contributed by atoms with Crippen LogP contribution in [0.1, 0.15) is 51.8 Å². The van der Waals surface area contributed by atoms with Crippen LogP contribution in [0.15, 0.2) is 4.42 Å². The van der Waals surface area contributed by atoms with Crippen molar-refractivity contribution in [3.05, 3.63) is 11.8 Å². The van der Waals surface area contributed by atoms with Gasteiger partial charge in [0.05, 0.1) is 5.41 Å². The summed E-state index contributed by atoms with van der Waals surface area (Å²) < 4.78 is 5.91. The van der Waals surface area contributed by atoms with E-state index in [1.807, 2.05) is 0 Å². The van der Waals surface area contributed by atoms with Crippen molar-refractivity contribution in [2.75, 3.05) is 13.1 Å². The fraction of sp³-hybridized carbons (Fsp3) is 0.812. The van der Waals surface area contributed by atoms with Gasteiger partial charge >= 0.3 is 6.09 Å². The van der Waals surface area contributed by atoms with E-state index in [-0.39, 0.29) is 10.8 Å². The molecule has 6 nitrogen and oxygen atoms in total. The first-order valence-corrected chi connectivity index (χ1v) is 8.02. The normalized spacial score (nSPS) is 33.9. The molecule has 3 aliphatic carbocycles. The van der Waals surface area contributed by atoms with Crippen LogP contribution in [0, 0.1) is 16.7 Å². The van der Waals surface area contributed by atoms with Gasteiger partial charge in [-0.1, -0.05) is 20.8 Å². The molecule has 0 aromatic carbocycles. The van der Waals surface area contributed by atoms with Crippen LogP contribution < -0.4 is 0 Å². The summed E-state index contributed by atoms with van der Waals surface area (Å²) in [5.41, 5.74) is 0.605. The van der Waals surface area contributed by atoms with Crippen molar-refractivity contribution in [1.29, 1.82) is 0 Å². The zero-order valence-electron chi connectivity index (χ0n) is 13.4. The van der Waals surface area contributed by atoms with Crippen molar-refractivity contribution in [3.63, 3.8) is 0 Å². The van der Waals surface area contributed by atoms with Crippen molar-refractivity contribution in [3.8, 4) is 0 Å². The lowest BCUT2D eigenvalue weighted by Crippen LogP contribution is -2.73. The van der Waals surface area contributed by atoms with Gasteiger partial charge in [-0.25, -0.2) is 4.79 Å². The van der Waals surface area contributed by atoms with Gasteiger partial charge < -0.3 is 14.4 Å². The standard InChI is InChI=1S/C16H23N3O3/c1-14(2,3)4-11-17-18-12(22-11)16-7-15(8-16,9-16)10-5-19(6-10)13(20)21/h10H,4-9H2,1-3H3,(H,20,21). The van der Waals surface area contributed by atoms with E-state index >= 15 is 0 Å². The minimum absolute atomic E-state index is 0.104. The highest BCUT2D eigenvalue weighted by molar-refractivity contribution is 5.66. The molecule has 2 bridgehead atoms. The Morgan fingerprint density at radius 2 is 1.95 bits per heavy atom. The van der Waals surface area contributed by atoms with Gasteiger partial charge in [-0.05, 0) is 30.1 Å². The predicted octanol–water partition coefficient (Wildman–Crippen LogP) is 2.69. The van der Waals surface area contributed by atoms with Gasteiger partial charge in [0.25, 0.3) is 0 Å². The summed E-state index contributed by atoms with van der Waals surface area (Å²) in [6, 6.07) is 0. The van der Waals surface area contributed by atoms with Gasteiger partial charge in [-0.2, -0.15) is 0 Å². The number of aromatic nitrogens is 2. The minimum atomic E-state index is -0.790. The van der Waals surface area contributed by atoms with E-state index < -0.39 is 6.09 Å². The van der Waals surface area contributed by atoms with Gasteiger partial charge in [-0.15, -0.1) is 10.2 Å². The summed E-state index contributed by atoms with van der Waals surface area (Å²) in [6.07, 6.45) is 3.29. The second-order valence-corrected chi connectivity index (χ2v) is 8.80. The monoisotopic (exact) mass is 305 g/mol. The summed E-state index contributed by atoms with van der Waals surface area (Å²) in [4.78, 5) is 12.4. The molecule has 6 heteroatoms. The highest BCUT2D eigenvalue weighted by Gasteiger charge is 2.74. The third kappa shape index (κ3) is 1.88. The smallest absolute Gasteiger partial charge is 0.407 e. The van der Waals surface area contributed by atoms with E-state index in [0.29, 0.717) is 24.4 Å². The lowest BCUT2D eigenvalue weighted by atomic mass is 9.31. The molecule has 0 radical (unpaired) electrons. The summed E-state index contributed by atoms with van der Waals surface area (Å²) in [7, 11) is 0. The SMILES string of the molecule is CC(C)(C)Cc1nnc(C23CC(C4CN(C(=O)O)C4)(C2)C3)o1. The molecule has 5 rings (SSSR count). The summed E-state index contributed by atoms with van der Waals surface area (Å²) >= 11 is 0. The molecule has 2 heterocycles. The minimum Gasteiger partial charge on any atom is -0.465 e. The van der Waals surface area contributed by atoms with Crippen LogP contribution in [0.5, 0.6) is 0 Å². The molecule has 1 N–H and O–H groups in total. The number of hydrogen-bond acceptors (Lipinski definition) is 4. The number of carbonyl (C=O) groups is 1. The van der Waals surface area contributed by atoms with E-state index in [9.17, 15) is 4.79 Å². The molecule has 22 heavy (non-hydrogen) atoms. The molecular weight excluding hydrogens is 282 g/mol. The first-order valence-electron chi connectivity index (χ1n) is 8.02. The van der Waals surface area contributed by atoms with Gasteiger partial charge in [0.1, 0.15) is 0 Å². The fourth-order valence-corrected chi connectivity index (χ4v) is 4.54. The number of rotatable bonds is 3. The van der Waals surface area contributed by atoms with Crippen molar-refractivity contribution in [2.24, 2.45) is 16.7 Å². The van der Waals surface area contributed by atoms with E-state index in [1.54, 1.807) is 0 Å². The Hall–Kier alpha value is -1.59. The second kappa shape index (κ2) is 4.03. The topological polar surface area (TPSA) is 79.5 Å². The molecule has 1 saturated heterocycles. The zero-order valence-corrected chi connectivity index (χ0v) is 13.4. The molecule has 0 atom stereocenters.